The van der Waals surface area contributed by atoms with E-state index in [1.54, 1.807) is 16.7 Å². The lowest BCUT2D eigenvalue weighted by Crippen LogP contribution is -2.45. The van der Waals surface area contributed by atoms with E-state index in [-0.39, 0.29) is 21.7 Å². The number of allylic oxidation sites excluding steroid dienone is 7. The van der Waals surface area contributed by atoms with Crippen LogP contribution in [0.4, 0.5) is 0 Å². The van der Waals surface area contributed by atoms with Crippen LogP contribution in [0.1, 0.15) is 138 Å². The van der Waals surface area contributed by atoms with Gasteiger partial charge in [-0.05, 0) is 127 Å². The van der Waals surface area contributed by atoms with Crippen LogP contribution in [0.15, 0.2) is 83.2 Å². The van der Waals surface area contributed by atoms with E-state index >= 15 is 0 Å². The molecule has 7 unspecified atom stereocenters. The van der Waals surface area contributed by atoms with Crippen molar-refractivity contribution in [3.8, 4) is 0 Å². The third kappa shape index (κ3) is 7.18. The summed E-state index contributed by atoms with van der Waals surface area (Å²) in [5.74, 6) is 4.08. The van der Waals surface area contributed by atoms with Crippen molar-refractivity contribution in [2.24, 2.45) is 40.4 Å². The summed E-state index contributed by atoms with van der Waals surface area (Å²) >= 11 is 0. The van der Waals surface area contributed by atoms with Crippen LogP contribution in [0.5, 0.6) is 0 Å². The van der Waals surface area contributed by atoms with Gasteiger partial charge in [0, 0.05) is 5.57 Å². The van der Waals surface area contributed by atoms with Crippen molar-refractivity contribution in [1.29, 1.82) is 0 Å². The zero-order valence-electron chi connectivity index (χ0n) is 36.8. The molecule has 0 N–H and O–H groups in total. The molecule has 0 aromatic heterocycles. The normalized spacial score (nSPS) is 28.5. The Bertz CT molecular complexity index is 1810. The van der Waals surface area contributed by atoms with Crippen LogP contribution in [0.3, 0.4) is 0 Å². The largest absolute Gasteiger partial charge is 0.496 e. The first kappa shape index (κ1) is 40.1. The molecule has 2 fully saturated rings. The molecule has 2 heteroatoms. The molecule has 0 amide bonds. The molecule has 6 rings (SSSR count). The van der Waals surface area contributed by atoms with Gasteiger partial charge in [0.15, 0.2) is 0 Å². The molecule has 0 aliphatic heterocycles. The van der Waals surface area contributed by atoms with Gasteiger partial charge in [0.1, 0.15) is 5.76 Å². The molecule has 2 aromatic rings. The summed E-state index contributed by atoms with van der Waals surface area (Å²) in [6, 6.07) is 19.3. The summed E-state index contributed by atoms with van der Waals surface area (Å²) in [4.78, 5) is 0. The minimum Gasteiger partial charge on any atom is -0.496 e. The van der Waals surface area contributed by atoms with E-state index in [2.05, 4.69) is 171 Å². The maximum absolute atomic E-state index is 6.47. The number of ether oxygens (including phenoxy) is 1. The Morgan fingerprint density at radius 3 is 1.51 bits per heavy atom. The molecule has 288 valence electrons. The molecular weight excluding hydrogens is 657 g/mol. The minimum absolute atomic E-state index is 0.000916. The van der Waals surface area contributed by atoms with Crippen LogP contribution in [0, 0.1) is 40.4 Å². The SMILES string of the molecule is COC1=C(c2ccc(C(C)(C)C)cc2)C2CC(C)C([Si](C)(C)C3CCC4C(c5ccc(C(C)(C)C)cc5)=C(C)C(C(C)(C)C)=CC43)C2C=C1C(C)(C)C. The summed E-state index contributed by atoms with van der Waals surface area (Å²) in [7, 11) is 0.0624. The third-order valence-electron chi connectivity index (χ3n) is 14.4. The van der Waals surface area contributed by atoms with Gasteiger partial charge in [-0.1, -0.05) is 170 Å². The van der Waals surface area contributed by atoms with Crippen molar-refractivity contribution < 1.29 is 4.74 Å². The molecule has 2 saturated carbocycles. The number of benzene rings is 2. The average molecular weight is 731 g/mol. The van der Waals surface area contributed by atoms with Crippen molar-refractivity contribution in [3.05, 3.63) is 105 Å². The Hall–Kier alpha value is -2.58. The second kappa shape index (κ2) is 13.6. The number of fused-ring (bicyclic) bond motifs is 2. The first-order valence-corrected chi connectivity index (χ1v) is 24.2. The highest BCUT2D eigenvalue weighted by Gasteiger charge is 2.58. The van der Waals surface area contributed by atoms with E-state index < -0.39 is 8.07 Å². The quantitative estimate of drug-likeness (QED) is 0.278. The summed E-state index contributed by atoms with van der Waals surface area (Å²) < 4.78 is 6.47. The Labute approximate surface area is 326 Å². The second-order valence-corrected chi connectivity index (χ2v) is 27.5. The van der Waals surface area contributed by atoms with E-state index in [0.29, 0.717) is 29.6 Å². The molecular formula is C51H74OSi. The van der Waals surface area contributed by atoms with Gasteiger partial charge in [-0.3, -0.25) is 0 Å². The molecule has 7 atom stereocenters. The van der Waals surface area contributed by atoms with Crippen molar-refractivity contribution in [2.45, 2.75) is 151 Å². The van der Waals surface area contributed by atoms with Crippen LogP contribution in [0.25, 0.3) is 11.1 Å². The van der Waals surface area contributed by atoms with Gasteiger partial charge < -0.3 is 4.74 Å². The smallest absolute Gasteiger partial charge is 0.126 e. The van der Waals surface area contributed by atoms with E-state index in [1.165, 1.54) is 52.7 Å². The first-order chi connectivity index (χ1) is 24.4. The van der Waals surface area contributed by atoms with E-state index in [4.69, 9.17) is 4.74 Å². The van der Waals surface area contributed by atoms with Crippen LogP contribution in [-0.4, -0.2) is 15.2 Å². The average Bonchev–Trinajstić information content (AvgIpc) is 3.63. The lowest BCUT2D eigenvalue weighted by Gasteiger charge is -2.46. The number of hydrogen-bond donors (Lipinski definition) is 0. The molecule has 0 spiro atoms. The van der Waals surface area contributed by atoms with E-state index in [9.17, 15) is 0 Å². The third-order valence-corrected chi connectivity index (χ3v) is 19.6. The van der Waals surface area contributed by atoms with Gasteiger partial charge in [-0.2, -0.15) is 0 Å². The van der Waals surface area contributed by atoms with Crippen LogP contribution in [0.2, 0.25) is 24.2 Å². The van der Waals surface area contributed by atoms with Crippen molar-refractivity contribution in [3.63, 3.8) is 0 Å². The first-order valence-electron chi connectivity index (χ1n) is 21.0. The topological polar surface area (TPSA) is 9.23 Å². The second-order valence-electron chi connectivity index (χ2n) is 22.4. The van der Waals surface area contributed by atoms with Gasteiger partial charge in [0.05, 0.1) is 15.2 Å². The molecule has 0 bridgehead atoms. The lowest BCUT2D eigenvalue weighted by molar-refractivity contribution is 0.274. The fraction of sp³-hybridized carbons (Fsp3) is 0.608. The van der Waals surface area contributed by atoms with Gasteiger partial charge in [0.25, 0.3) is 0 Å². The molecule has 4 aliphatic rings. The van der Waals surface area contributed by atoms with Gasteiger partial charge in [-0.25, -0.2) is 0 Å². The molecule has 1 nitrogen and oxygen atoms in total. The zero-order valence-corrected chi connectivity index (χ0v) is 37.8. The highest BCUT2D eigenvalue weighted by Crippen LogP contribution is 2.66. The molecule has 2 aromatic carbocycles. The highest BCUT2D eigenvalue weighted by molar-refractivity contribution is 6.80. The molecule has 0 heterocycles. The van der Waals surface area contributed by atoms with Gasteiger partial charge >= 0.3 is 0 Å². The Morgan fingerprint density at radius 1 is 0.585 bits per heavy atom. The summed E-state index contributed by atoms with van der Waals surface area (Å²) in [6.45, 7) is 39.1. The van der Waals surface area contributed by atoms with Crippen molar-refractivity contribution in [2.75, 3.05) is 7.11 Å². The minimum atomic E-state index is -1.85. The number of hydrogen-bond acceptors (Lipinski definition) is 1. The summed E-state index contributed by atoms with van der Waals surface area (Å²) in [5, 5.41) is 0. The van der Waals surface area contributed by atoms with Crippen LogP contribution < -0.4 is 0 Å². The van der Waals surface area contributed by atoms with Gasteiger partial charge in [0.2, 0.25) is 0 Å². The molecule has 0 radical (unpaired) electrons. The maximum atomic E-state index is 6.47. The number of methoxy groups -OCH3 is 1. The standard InChI is InChI=1S/C51H74OSi/c1-31-28-39-40(30-42(51(12,13)14)46(52-15)45(39)34-20-24-36(25-21-34)49(6,7)8)47(31)53(16,17)43-27-26-37-38(43)29-41(50(9,10)11)32(2)44(37)33-18-22-35(23-19-33)48(3,4)5/h18-25,29-31,37-40,43,47H,26-28H2,1-17H3. The Morgan fingerprint density at radius 2 is 1.06 bits per heavy atom. The fourth-order valence-corrected chi connectivity index (χ4v) is 17.5. The van der Waals surface area contributed by atoms with Crippen molar-refractivity contribution in [1.82, 2.24) is 0 Å². The molecule has 4 aliphatic carbocycles. The fourth-order valence-electron chi connectivity index (χ4n) is 11.8. The Kier molecular flexibility index (Phi) is 10.3. The molecule has 0 saturated heterocycles. The summed E-state index contributed by atoms with van der Waals surface area (Å²) in [5.41, 5.74) is 15.2. The van der Waals surface area contributed by atoms with Crippen LogP contribution >= 0.6 is 0 Å². The zero-order chi connectivity index (χ0) is 39.2. The lowest BCUT2D eigenvalue weighted by atomic mass is 9.69. The predicted molar refractivity (Wildman–Crippen MR) is 234 cm³/mol. The Balaban J connectivity index is 1.42. The highest BCUT2D eigenvalue weighted by atomic mass is 28.3. The molecule has 53 heavy (non-hydrogen) atoms. The van der Waals surface area contributed by atoms with E-state index in [1.807, 2.05) is 7.11 Å². The van der Waals surface area contributed by atoms with Crippen molar-refractivity contribution >= 4 is 19.2 Å². The maximum Gasteiger partial charge on any atom is 0.126 e. The number of rotatable bonds is 5. The predicted octanol–water partition coefficient (Wildman–Crippen LogP) is 14.8. The summed E-state index contributed by atoms with van der Waals surface area (Å²) in [6.07, 6.45) is 9.48. The van der Waals surface area contributed by atoms with Crippen LogP contribution in [-0.2, 0) is 15.6 Å². The van der Waals surface area contributed by atoms with Gasteiger partial charge in [-0.15, -0.1) is 0 Å². The monoisotopic (exact) mass is 731 g/mol. The van der Waals surface area contributed by atoms with E-state index in [0.717, 1.165) is 16.8 Å².